The standard InChI is InChI=1S/C9H13NO2S.2C2H6/c1-7(2)13(11,12)9-8(3)5-4-6-10-9;2*1-2/h4-7H,1-3H3;2*1-2H3. The summed E-state index contributed by atoms with van der Waals surface area (Å²) >= 11 is 0. The van der Waals surface area contributed by atoms with Crippen molar-refractivity contribution in [3.05, 3.63) is 23.9 Å². The Morgan fingerprint density at radius 2 is 1.59 bits per heavy atom. The van der Waals surface area contributed by atoms with Gasteiger partial charge >= 0.3 is 0 Å². The quantitative estimate of drug-likeness (QED) is 0.815. The summed E-state index contributed by atoms with van der Waals surface area (Å²) in [4.78, 5) is 3.88. The van der Waals surface area contributed by atoms with Crippen molar-refractivity contribution < 1.29 is 8.42 Å². The molecular formula is C13H25NO2S. The van der Waals surface area contributed by atoms with Crippen LogP contribution in [-0.2, 0) is 9.84 Å². The Morgan fingerprint density at radius 1 is 1.12 bits per heavy atom. The van der Waals surface area contributed by atoms with Crippen LogP contribution in [0.3, 0.4) is 0 Å². The van der Waals surface area contributed by atoms with Gasteiger partial charge in [-0.2, -0.15) is 0 Å². The molecule has 1 heterocycles. The van der Waals surface area contributed by atoms with Crippen LogP contribution in [0.25, 0.3) is 0 Å². The molecular weight excluding hydrogens is 234 g/mol. The van der Waals surface area contributed by atoms with Crippen molar-refractivity contribution in [3.63, 3.8) is 0 Å². The van der Waals surface area contributed by atoms with Gasteiger partial charge in [-0.1, -0.05) is 33.8 Å². The van der Waals surface area contributed by atoms with E-state index >= 15 is 0 Å². The van der Waals surface area contributed by atoms with Crippen molar-refractivity contribution in [2.24, 2.45) is 0 Å². The van der Waals surface area contributed by atoms with Gasteiger partial charge in [0.1, 0.15) is 0 Å². The molecule has 0 unspecified atom stereocenters. The molecule has 0 atom stereocenters. The summed E-state index contributed by atoms with van der Waals surface area (Å²) in [6.07, 6.45) is 1.50. The van der Waals surface area contributed by atoms with Gasteiger partial charge < -0.3 is 0 Å². The maximum absolute atomic E-state index is 11.7. The molecule has 0 aliphatic rings. The first kappa shape index (κ1) is 18.5. The van der Waals surface area contributed by atoms with Crippen LogP contribution in [0.15, 0.2) is 23.4 Å². The van der Waals surface area contributed by atoms with Gasteiger partial charge in [0.2, 0.25) is 0 Å². The van der Waals surface area contributed by atoms with Crippen LogP contribution in [0, 0.1) is 6.92 Å². The molecule has 4 heteroatoms. The van der Waals surface area contributed by atoms with Crippen molar-refractivity contribution in [2.75, 3.05) is 0 Å². The number of rotatable bonds is 2. The monoisotopic (exact) mass is 259 g/mol. The predicted molar refractivity (Wildman–Crippen MR) is 74.0 cm³/mol. The molecule has 0 aliphatic carbocycles. The predicted octanol–water partition coefficient (Wildman–Crippen LogP) is 3.62. The zero-order valence-corrected chi connectivity index (χ0v) is 12.8. The number of sulfone groups is 1. The Hall–Kier alpha value is -0.900. The first-order valence-corrected chi connectivity index (χ1v) is 7.66. The van der Waals surface area contributed by atoms with Crippen molar-refractivity contribution in [1.29, 1.82) is 0 Å². The first-order valence-electron chi connectivity index (χ1n) is 6.12. The molecule has 0 saturated carbocycles. The van der Waals surface area contributed by atoms with E-state index in [1.54, 1.807) is 32.9 Å². The van der Waals surface area contributed by atoms with E-state index in [2.05, 4.69) is 4.98 Å². The highest BCUT2D eigenvalue weighted by Crippen LogP contribution is 2.16. The number of aromatic nitrogens is 1. The van der Waals surface area contributed by atoms with Crippen LogP contribution < -0.4 is 0 Å². The minimum absolute atomic E-state index is 0.199. The van der Waals surface area contributed by atoms with Crippen LogP contribution in [0.2, 0.25) is 0 Å². The molecule has 0 fully saturated rings. The lowest BCUT2D eigenvalue weighted by Gasteiger charge is -2.08. The Balaban J connectivity index is 0. The normalized spacial score (nSPS) is 9.88. The van der Waals surface area contributed by atoms with Gasteiger partial charge in [-0.15, -0.1) is 0 Å². The average molecular weight is 259 g/mol. The van der Waals surface area contributed by atoms with E-state index in [0.717, 1.165) is 0 Å². The SMILES string of the molecule is CC.CC.Cc1cccnc1S(=O)(=O)C(C)C. The number of aryl methyl sites for hydroxylation is 1. The Morgan fingerprint density at radius 3 is 1.94 bits per heavy atom. The molecule has 0 radical (unpaired) electrons. The smallest absolute Gasteiger partial charge is 0.198 e. The highest BCUT2D eigenvalue weighted by molar-refractivity contribution is 7.92. The fourth-order valence-corrected chi connectivity index (χ4v) is 2.16. The molecule has 0 aliphatic heterocycles. The molecule has 0 spiro atoms. The molecule has 1 rings (SSSR count). The first-order chi connectivity index (χ1) is 7.96. The molecule has 0 amide bonds. The van der Waals surface area contributed by atoms with Crippen molar-refractivity contribution in [3.8, 4) is 0 Å². The van der Waals surface area contributed by atoms with Crippen molar-refractivity contribution in [1.82, 2.24) is 4.98 Å². The van der Waals surface area contributed by atoms with Gasteiger partial charge in [-0.3, -0.25) is 0 Å². The molecule has 3 nitrogen and oxygen atoms in total. The van der Waals surface area contributed by atoms with E-state index < -0.39 is 15.1 Å². The lowest BCUT2D eigenvalue weighted by Crippen LogP contribution is -2.16. The maximum atomic E-state index is 11.7. The second kappa shape index (κ2) is 9.16. The molecule has 0 aromatic carbocycles. The minimum atomic E-state index is -3.22. The van der Waals surface area contributed by atoms with Crippen LogP contribution in [0.4, 0.5) is 0 Å². The van der Waals surface area contributed by atoms with Gasteiger partial charge in [0.25, 0.3) is 0 Å². The summed E-state index contributed by atoms with van der Waals surface area (Å²) in [6, 6.07) is 3.48. The third-order valence-corrected chi connectivity index (χ3v) is 4.06. The van der Waals surface area contributed by atoms with Gasteiger partial charge in [0.05, 0.1) is 5.25 Å². The molecule has 1 aromatic rings. The zero-order chi connectivity index (χ0) is 14.1. The van der Waals surface area contributed by atoms with E-state index in [-0.39, 0.29) is 5.03 Å². The lowest BCUT2D eigenvalue weighted by atomic mass is 10.3. The average Bonchev–Trinajstić information content (AvgIpc) is 2.34. The van der Waals surface area contributed by atoms with Crippen LogP contribution in [0.1, 0.15) is 47.1 Å². The fraction of sp³-hybridized carbons (Fsp3) is 0.615. The minimum Gasteiger partial charge on any atom is -0.244 e. The molecule has 0 bridgehead atoms. The Bertz CT molecular complexity index is 398. The Labute approximate surface area is 106 Å². The van der Waals surface area contributed by atoms with E-state index in [9.17, 15) is 8.42 Å². The van der Waals surface area contributed by atoms with Gasteiger partial charge in [0.15, 0.2) is 14.9 Å². The van der Waals surface area contributed by atoms with E-state index in [1.165, 1.54) is 6.20 Å². The zero-order valence-electron chi connectivity index (χ0n) is 12.0. The third kappa shape index (κ3) is 5.31. The molecule has 0 N–H and O–H groups in total. The highest BCUT2D eigenvalue weighted by atomic mass is 32.2. The van der Waals surface area contributed by atoms with Crippen molar-refractivity contribution in [2.45, 2.75) is 58.7 Å². The highest BCUT2D eigenvalue weighted by Gasteiger charge is 2.21. The topological polar surface area (TPSA) is 47.0 Å². The summed E-state index contributed by atoms with van der Waals surface area (Å²) in [5, 5.41) is -0.217. The summed E-state index contributed by atoms with van der Waals surface area (Å²) in [5.74, 6) is 0. The summed E-state index contributed by atoms with van der Waals surface area (Å²) in [5.41, 5.74) is 0.705. The summed E-state index contributed by atoms with van der Waals surface area (Å²) in [7, 11) is -3.22. The van der Waals surface area contributed by atoms with E-state index in [1.807, 2.05) is 27.7 Å². The molecule has 100 valence electrons. The molecule has 0 saturated heterocycles. The molecule has 17 heavy (non-hydrogen) atoms. The Kier molecular flexibility index (Phi) is 9.95. The third-order valence-electron chi connectivity index (χ3n) is 1.85. The van der Waals surface area contributed by atoms with Gasteiger partial charge in [0, 0.05) is 6.20 Å². The van der Waals surface area contributed by atoms with E-state index in [0.29, 0.717) is 5.56 Å². The summed E-state index contributed by atoms with van der Waals surface area (Å²) < 4.78 is 23.4. The number of nitrogens with zero attached hydrogens (tertiary/aromatic N) is 1. The number of hydrogen-bond donors (Lipinski definition) is 0. The molecule has 1 aromatic heterocycles. The van der Waals surface area contributed by atoms with Crippen LogP contribution in [0.5, 0.6) is 0 Å². The fourth-order valence-electron chi connectivity index (χ4n) is 0.992. The summed E-state index contributed by atoms with van der Waals surface area (Å²) in [6.45, 7) is 13.1. The van der Waals surface area contributed by atoms with Gasteiger partial charge in [-0.25, -0.2) is 13.4 Å². The number of hydrogen-bond acceptors (Lipinski definition) is 3. The number of pyridine rings is 1. The van der Waals surface area contributed by atoms with Gasteiger partial charge in [-0.05, 0) is 32.4 Å². The van der Waals surface area contributed by atoms with Crippen LogP contribution >= 0.6 is 0 Å². The van der Waals surface area contributed by atoms with Crippen LogP contribution in [-0.4, -0.2) is 18.7 Å². The van der Waals surface area contributed by atoms with E-state index in [4.69, 9.17) is 0 Å². The second-order valence-corrected chi connectivity index (χ2v) is 5.64. The second-order valence-electron chi connectivity index (χ2n) is 3.22. The van der Waals surface area contributed by atoms with Crippen molar-refractivity contribution >= 4 is 9.84 Å². The lowest BCUT2D eigenvalue weighted by molar-refractivity contribution is 0.582. The maximum Gasteiger partial charge on any atom is 0.198 e. The largest absolute Gasteiger partial charge is 0.244 e.